The van der Waals surface area contributed by atoms with Gasteiger partial charge in [0.2, 0.25) is 35.2 Å². The van der Waals surface area contributed by atoms with E-state index < -0.39 is 108 Å². The van der Waals surface area contributed by atoms with E-state index in [2.05, 4.69) is 5.32 Å². The lowest BCUT2D eigenvalue weighted by Gasteiger charge is -2.37. The number of phenols is 1. The van der Waals surface area contributed by atoms with Crippen LogP contribution in [0.2, 0.25) is 0 Å². The average molecular weight is 1170 g/mol. The van der Waals surface area contributed by atoms with Crippen molar-refractivity contribution in [2.45, 2.75) is 135 Å². The predicted molar refractivity (Wildman–Crippen MR) is 307 cm³/mol. The van der Waals surface area contributed by atoms with Gasteiger partial charge in [-0.3, -0.25) is 33.6 Å². The summed E-state index contributed by atoms with van der Waals surface area (Å²) >= 11 is 0. The van der Waals surface area contributed by atoms with Crippen molar-refractivity contribution < 1.29 is 76.7 Å². The molecule has 0 aromatic heterocycles. The molecule has 3 heterocycles. The number of benzene rings is 3. The Bertz CT molecular complexity index is 2910. The third-order valence-corrected chi connectivity index (χ3v) is 15.4. The van der Waals surface area contributed by atoms with Gasteiger partial charge in [-0.25, -0.2) is 9.59 Å². The zero-order valence-corrected chi connectivity index (χ0v) is 50.2. The molecule has 22 heteroatoms. The highest BCUT2D eigenvalue weighted by Crippen LogP contribution is 2.41. The number of nitrogens with zero attached hydrogens (tertiary/aromatic N) is 5. The molecule has 6 rings (SSSR count). The number of cyclic esters (lactones) is 2. The van der Waals surface area contributed by atoms with Crippen LogP contribution >= 0.6 is 0 Å². The molecule has 3 aromatic rings. The quantitative estimate of drug-likeness (QED) is 0.215. The maximum atomic E-state index is 14.9. The molecular formula is C62H82N6O16. The summed E-state index contributed by atoms with van der Waals surface area (Å²) in [6.07, 6.45) is 4.12. The molecule has 3 aliphatic heterocycles. The molecule has 2 N–H and O–H groups in total. The highest BCUT2D eigenvalue weighted by molar-refractivity contribution is 6.38. The highest BCUT2D eigenvalue weighted by atomic mass is 16.5. The number of carbonyl (C=O) groups is 9. The van der Waals surface area contributed by atoms with Crippen LogP contribution in [0.5, 0.6) is 23.0 Å². The molecule has 6 atom stereocenters. The molecule has 0 radical (unpaired) electrons. The fourth-order valence-electron chi connectivity index (χ4n) is 10.1. The second kappa shape index (κ2) is 29.0. The summed E-state index contributed by atoms with van der Waals surface area (Å²) < 4.78 is 34.7. The average Bonchev–Trinajstić information content (AvgIpc) is 3.48. The van der Waals surface area contributed by atoms with Gasteiger partial charge >= 0.3 is 11.9 Å². The molecule has 84 heavy (non-hydrogen) atoms. The number of fused-ring (bicyclic) bond motifs is 4. The first-order valence-electron chi connectivity index (χ1n) is 28.4. The van der Waals surface area contributed by atoms with Gasteiger partial charge < -0.3 is 63.3 Å². The Kier molecular flexibility index (Phi) is 22.5. The standard InChI is InChI=1S/C62H82N6O16/c1-39-55(73)63-51(40-21-13-12-14-22-40)58(76)66(9)46(36-83-61(2,3)4)57(75)67-34-20-26-44(67)56(74)64(7)32-17-16-27-50(70)82-38-62(5,6)54(72)59(77)68-33-18-15-25-45(68)60(78)84-47(30-28-41-29-31-48(79-10)53(80-11)52(41)71)42-23-19-24-43(35-42)81-37-49(69)65(39)8/h12-14,16,19,21-24,27,29,31,35,39,44-47,51,71H,15,17-18,20,25-26,28,30,32-34,36-38H2,1-11H3,(H,63,73)/b27-16-/t39-,44-,45-,46-,47+,51?/m0/s1. The fraction of sp³-hybridized carbons (Fsp3) is 0.532. The van der Waals surface area contributed by atoms with Crippen molar-refractivity contribution in [1.82, 2.24) is 29.8 Å². The minimum Gasteiger partial charge on any atom is -0.504 e. The van der Waals surface area contributed by atoms with E-state index in [1.54, 1.807) is 94.5 Å². The SMILES string of the molecule is COc1ccc(CC[C@H]2OC(=O)[C@@H]3CCCCN3C(=O)C(=O)C(C)(C)COC(=O)/C=C\CCN(C)C(=O)[C@@H]3CCCN3C(=O)[C@H](COC(C)(C)C)N(C)C(=O)C(c3ccccc3)NC(=O)[C@H](C)N(C)C(=O)COc3cccc2c3)c(O)c1OC. The van der Waals surface area contributed by atoms with Crippen LogP contribution < -0.4 is 19.5 Å². The van der Waals surface area contributed by atoms with E-state index >= 15 is 0 Å². The van der Waals surface area contributed by atoms with E-state index in [1.165, 1.54) is 79.7 Å². The van der Waals surface area contributed by atoms with Crippen molar-refractivity contribution >= 4 is 53.2 Å². The summed E-state index contributed by atoms with van der Waals surface area (Å²) in [5, 5.41) is 14.0. The molecule has 0 saturated carbocycles. The largest absolute Gasteiger partial charge is 0.504 e. The first-order chi connectivity index (χ1) is 39.8. The zero-order chi connectivity index (χ0) is 61.6. The van der Waals surface area contributed by atoms with Gasteiger partial charge in [-0.2, -0.15) is 0 Å². The molecule has 0 aliphatic carbocycles. The number of carbonyl (C=O) groups excluding carboxylic acids is 9. The van der Waals surface area contributed by atoms with Gasteiger partial charge in [-0.1, -0.05) is 54.6 Å². The number of ether oxygens (including phenoxy) is 6. The molecule has 2 bridgehead atoms. The Hall–Kier alpha value is -8.01. The Morgan fingerprint density at radius 1 is 0.750 bits per heavy atom. The number of methoxy groups -OCH3 is 2. The number of hydrogen-bond donors (Lipinski definition) is 2. The molecule has 3 aromatic carbocycles. The highest BCUT2D eigenvalue weighted by Gasteiger charge is 2.45. The number of esters is 2. The van der Waals surface area contributed by atoms with E-state index in [-0.39, 0.29) is 75.1 Å². The molecule has 0 spiro atoms. The van der Waals surface area contributed by atoms with Crippen molar-refractivity contribution in [2.75, 3.05) is 74.8 Å². The number of nitrogens with one attached hydrogen (secondary N) is 1. The lowest BCUT2D eigenvalue weighted by Crippen LogP contribution is -2.58. The molecular weight excluding hydrogens is 1080 g/mol. The van der Waals surface area contributed by atoms with Crippen LogP contribution in [0.1, 0.15) is 115 Å². The third-order valence-electron chi connectivity index (χ3n) is 15.4. The third kappa shape index (κ3) is 16.4. The number of likely N-dealkylation sites (N-methyl/N-ethyl adjacent to an activating group) is 3. The number of ketones is 1. The molecule has 6 amide bonds. The van der Waals surface area contributed by atoms with Gasteiger partial charge in [0.25, 0.3) is 11.8 Å². The monoisotopic (exact) mass is 1170 g/mol. The van der Waals surface area contributed by atoms with Crippen molar-refractivity contribution in [1.29, 1.82) is 0 Å². The van der Waals surface area contributed by atoms with E-state index in [0.29, 0.717) is 48.1 Å². The number of aromatic hydroxyl groups is 1. The number of piperidine rings is 1. The molecule has 2 fully saturated rings. The summed E-state index contributed by atoms with van der Waals surface area (Å²) in [4.78, 5) is 134. The van der Waals surface area contributed by atoms with E-state index in [9.17, 15) is 48.3 Å². The minimum absolute atomic E-state index is 0.0707. The van der Waals surface area contributed by atoms with E-state index in [1.807, 2.05) is 0 Å². The Balaban J connectivity index is 1.33. The topological polar surface area (TPSA) is 257 Å². The maximum absolute atomic E-state index is 14.9. The minimum atomic E-state index is -1.52. The fourth-order valence-corrected chi connectivity index (χ4v) is 10.1. The first-order valence-corrected chi connectivity index (χ1v) is 28.4. The second-order valence-electron chi connectivity index (χ2n) is 23.0. The number of Topliss-reactive ketones (excluding diaryl/α,β-unsaturated/α-hetero) is 1. The van der Waals surface area contributed by atoms with Crippen LogP contribution in [0.25, 0.3) is 0 Å². The van der Waals surface area contributed by atoms with Crippen molar-refractivity contribution in [3.05, 3.63) is 95.6 Å². The molecule has 456 valence electrons. The van der Waals surface area contributed by atoms with Crippen LogP contribution in [-0.4, -0.2) is 187 Å². The number of hydrogen-bond acceptors (Lipinski definition) is 16. The van der Waals surface area contributed by atoms with Crippen LogP contribution in [-0.2, 0) is 63.8 Å². The molecule has 2 saturated heterocycles. The van der Waals surface area contributed by atoms with Crippen molar-refractivity contribution in [2.24, 2.45) is 5.41 Å². The van der Waals surface area contributed by atoms with Gasteiger partial charge in [0, 0.05) is 46.9 Å². The lowest BCUT2D eigenvalue weighted by molar-refractivity contribution is -0.165. The summed E-state index contributed by atoms with van der Waals surface area (Å²) in [7, 11) is 7.24. The molecule has 22 nitrogen and oxygen atoms in total. The maximum Gasteiger partial charge on any atom is 0.330 e. The number of phenolic OH excluding ortho intramolecular Hbond substituents is 1. The molecule has 1 unspecified atom stereocenters. The Labute approximate surface area is 491 Å². The van der Waals surface area contributed by atoms with Crippen LogP contribution in [0.3, 0.4) is 0 Å². The van der Waals surface area contributed by atoms with Crippen molar-refractivity contribution in [3.63, 3.8) is 0 Å². The first kappa shape index (κ1) is 65.1. The number of rotatable bonds is 8. The summed E-state index contributed by atoms with van der Waals surface area (Å²) in [5.74, 6) is -5.92. The summed E-state index contributed by atoms with van der Waals surface area (Å²) in [6, 6.07) is 12.4. The van der Waals surface area contributed by atoms with Gasteiger partial charge in [-0.15, -0.1) is 0 Å². The lowest BCUT2D eigenvalue weighted by atomic mass is 9.87. The second-order valence-corrected chi connectivity index (χ2v) is 23.0. The summed E-state index contributed by atoms with van der Waals surface area (Å²) in [5.41, 5.74) is -1.02. The van der Waals surface area contributed by atoms with E-state index in [0.717, 1.165) is 6.08 Å². The van der Waals surface area contributed by atoms with Gasteiger partial charge in [-0.05, 0) is 128 Å². The Morgan fingerprint density at radius 3 is 2.13 bits per heavy atom. The smallest absolute Gasteiger partial charge is 0.330 e. The normalized spacial score (nSPS) is 24.0. The number of amides is 6. The van der Waals surface area contributed by atoms with Crippen LogP contribution in [0.4, 0.5) is 0 Å². The summed E-state index contributed by atoms with van der Waals surface area (Å²) in [6.45, 7) is 8.98. The van der Waals surface area contributed by atoms with Gasteiger partial charge in [0.15, 0.2) is 18.1 Å². The predicted octanol–water partition coefficient (Wildman–Crippen LogP) is 5.28. The van der Waals surface area contributed by atoms with E-state index in [4.69, 9.17) is 28.4 Å². The van der Waals surface area contributed by atoms with Gasteiger partial charge in [0.1, 0.15) is 48.7 Å². The van der Waals surface area contributed by atoms with Crippen LogP contribution in [0.15, 0.2) is 78.9 Å². The zero-order valence-electron chi connectivity index (χ0n) is 50.2. The Morgan fingerprint density at radius 2 is 1.44 bits per heavy atom. The number of aryl methyl sites for hydroxylation is 1. The van der Waals surface area contributed by atoms with Gasteiger partial charge in [0.05, 0.1) is 31.8 Å². The van der Waals surface area contributed by atoms with Crippen molar-refractivity contribution in [3.8, 4) is 23.0 Å². The molecule has 3 aliphatic rings. The van der Waals surface area contributed by atoms with Crippen LogP contribution in [0, 0.1) is 5.41 Å².